The number of morpholine rings is 1. The van der Waals surface area contributed by atoms with Crippen LogP contribution in [0, 0.1) is 0 Å². The van der Waals surface area contributed by atoms with Crippen molar-refractivity contribution >= 4 is 36.2 Å². The van der Waals surface area contributed by atoms with Crippen LogP contribution in [-0.4, -0.2) is 139 Å². The van der Waals surface area contributed by atoms with E-state index in [0.29, 0.717) is 75.7 Å². The second-order valence-electron chi connectivity index (χ2n) is 9.65. The molecule has 208 valence electrons. The van der Waals surface area contributed by atoms with Crippen molar-refractivity contribution < 1.29 is 28.8 Å². The number of urea groups is 2. The van der Waals surface area contributed by atoms with Gasteiger partial charge in [0.05, 0.1) is 13.2 Å². The summed E-state index contributed by atoms with van der Waals surface area (Å²) < 4.78 is 5.30. The summed E-state index contributed by atoms with van der Waals surface area (Å²) >= 11 is 5.94. The Morgan fingerprint density at radius 1 is 0.974 bits per heavy atom. The van der Waals surface area contributed by atoms with Crippen molar-refractivity contribution in [3.8, 4) is 0 Å². The predicted molar refractivity (Wildman–Crippen MR) is 138 cm³/mol. The van der Waals surface area contributed by atoms with E-state index >= 15 is 0 Å². The molecule has 0 radical (unpaired) electrons. The summed E-state index contributed by atoms with van der Waals surface area (Å²) in [6.45, 7) is 7.80. The molecule has 0 bridgehead atoms. The number of rotatable bonds is 4. The fourth-order valence-electron chi connectivity index (χ4n) is 4.84. The van der Waals surface area contributed by atoms with Gasteiger partial charge < -0.3 is 29.2 Å². The van der Waals surface area contributed by atoms with Gasteiger partial charge in [-0.25, -0.2) is 14.4 Å². The van der Waals surface area contributed by atoms with Gasteiger partial charge in [-0.3, -0.25) is 9.69 Å². The number of hydrogen-bond donors (Lipinski definition) is 0. The highest BCUT2D eigenvalue weighted by Crippen LogP contribution is 2.16. The number of hydroxylamine groups is 2. The summed E-state index contributed by atoms with van der Waals surface area (Å²) in [6.07, 6.45) is 0.343. The highest BCUT2D eigenvalue weighted by molar-refractivity contribution is 6.30. The second kappa shape index (κ2) is 13.1. The van der Waals surface area contributed by atoms with Gasteiger partial charge in [-0.15, -0.1) is 0 Å². The maximum atomic E-state index is 13.0. The molecule has 1 aromatic carbocycles. The first-order valence-corrected chi connectivity index (χ1v) is 13.3. The maximum absolute atomic E-state index is 13.0. The highest BCUT2D eigenvalue weighted by Gasteiger charge is 2.36. The van der Waals surface area contributed by atoms with Gasteiger partial charge in [0.2, 0.25) is 0 Å². The number of carbonyl (C=O) groups is 4. The molecule has 0 saturated carbocycles. The third-order valence-electron chi connectivity index (χ3n) is 7.15. The van der Waals surface area contributed by atoms with Gasteiger partial charge in [0, 0.05) is 76.5 Å². The number of carbonyl (C=O) groups excluding carboxylic acids is 4. The van der Waals surface area contributed by atoms with Crippen LogP contribution in [0.1, 0.15) is 12.5 Å². The molecule has 1 unspecified atom stereocenters. The number of hydrogen-bond acceptors (Lipinski definition) is 7. The van der Waals surface area contributed by atoms with E-state index in [-0.39, 0.29) is 25.0 Å². The quantitative estimate of drug-likeness (QED) is 0.414. The standard InChI is InChI=1S/C25H35ClN6O6/c1-20-18-30(23(34)28-14-16-37-17-15-28)12-13-31(20)24(35)32(19-33)38-25(36)29-10-8-27(9-11-29)7-6-21-2-4-22(26)5-3-21/h2-5,19-20H,6-18H2,1H3. The van der Waals surface area contributed by atoms with E-state index in [9.17, 15) is 19.2 Å². The zero-order valence-electron chi connectivity index (χ0n) is 21.7. The van der Waals surface area contributed by atoms with Gasteiger partial charge >= 0.3 is 18.2 Å². The molecule has 0 N–H and O–H groups in total. The summed E-state index contributed by atoms with van der Waals surface area (Å²) in [5.41, 5.74) is 1.19. The summed E-state index contributed by atoms with van der Waals surface area (Å²) in [6, 6.07) is 6.59. The number of piperazine rings is 2. The zero-order valence-corrected chi connectivity index (χ0v) is 22.4. The van der Waals surface area contributed by atoms with E-state index in [1.54, 1.807) is 16.7 Å². The smallest absolute Gasteiger partial charge is 0.378 e. The zero-order chi connectivity index (χ0) is 27.1. The van der Waals surface area contributed by atoms with E-state index in [1.165, 1.54) is 15.4 Å². The Kier molecular flexibility index (Phi) is 9.64. The van der Waals surface area contributed by atoms with Gasteiger partial charge in [0.15, 0.2) is 0 Å². The predicted octanol–water partition coefficient (Wildman–Crippen LogP) is 1.59. The molecule has 1 aromatic rings. The summed E-state index contributed by atoms with van der Waals surface area (Å²) in [4.78, 5) is 64.0. The topological polar surface area (TPSA) is 106 Å². The molecule has 12 nitrogen and oxygen atoms in total. The van der Waals surface area contributed by atoms with Gasteiger partial charge in [0.25, 0.3) is 6.41 Å². The lowest BCUT2D eigenvalue weighted by molar-refractivity contribution is -0.144. The van der Waals surface area contributed by atoms with E-state index in [0.717, 1.165) is 13.0 Å². The van der Waals surface area contributed by atoms with Crippen LogP contribution in [0.4, 0.5) is 14.4 Å². The molecule has 4 rings (SSSR count). The Morgan fingerprint density at radius 3 is 2.26 bits per heavy atom. The minimum absolute atomic E-state index is 0.0850. The number of halogens is 1. The van der Waals surface area contributed by atoms with E-state index in [4.69, 9.17) is 21.2 Å². The van der Waals surface area contributed by atoms with Crippen molar-refractivity contribution in [1.29, 1.82) is 0 Å². The van der Waals surface area contributed by atoms with Gasteiger partial charge in [-0.05, 0) is 31.0 Å². The molecule has 3 saturated heterocycles. The van der Waals surface area contributed by atoms with Crippen molar-refractivity contribution in [1.82, 2.24) is 29.6 Å². The first kappa shape index (κ1) is 27.9. The first-order chi connectivity index (χ1) is 18.4. The summed E-state index contributed by atoms with van der Waals surface area (Å²) in [5.74, 6) is 0. The van der Waals surface area contributed by atoms with Crippen LogP contribution in [0.25, 0.3) is 0 Å². The molecular weight excluding hydrogens is 516 g/mol. The van der Waals surface area contributed by atoms with E-state index in [2.05, 4.69) is 4.90 Å². The highest BCUT2D eigenvalue weighted by atomic mass is 35.5. The molecule has 3 aliphatic heterocycles. The van der Waals surface area contributed by atoms with E-state index in [1.807, 2.05) is 24.3 Å². The molecule has 3 fully saturated rings. The van der Waals surface area contributed by atoms with Crippen molar-refractivity contribution in [3.63, 3.8) is 0 Å². The molecule has 6 amide bonds. The largest absolute Gasteiger partial charge is 0.434 e. The van der Waals surface area contributed by atoms with E-state index < -0.39 is 12.1 Å². The summed E-state index contributed by atoms with van der Waals surface area (Å²) in [7, 11) is 0. The number of ether oxygens (including phenoxy) is 1. The van der Waals surface area contributed by atoms with Crippen molar-refractivity contribution in [2.24, 2.45) is 0 Å². The third-order valence-corrected chi connectivity index (χ3v) is 7.40. The Bertz CT molecular complexity index is 983. The lowest BCUT2D eigenvalue weighted by atomic mass is 10.1. The molecule has 0 aromatic heterocycles. The second-order valence-corrected chi connectivity index (χ2v) is 10.1. The number of amides is 6. The minimum atomic E-state index is -0.739. The SMILES string of the molecule is CC1CN(C(=O)N2CCOCC2)CCN1C(=O)N(C=O)OC(=O)N1CCN(CCc2ccc(Cl)cc2)CC1. The third kappa shape index (κ3) is 7.06. The average molecular weight is 551 g/mol. The van der Waals surface area contributed by atoms with Gasteiger partial charge in [0.1, 0.15) is 0 Å². The average Bonchev–Trinajstić information content (AvgIpc) is 2.95. The fraction of sp³-hybridized carbons (Fsp3) is 0.600. The van der Waals surface area contributed by atoms with Crippen LogP contribution < -0.4 is 0 Å². The minimum Gasteiger partial charge on any atom is -0.378 e. The number of nitrogens with zero attached hydrogens (tertiary/aromatic N) is 6. The van der Waals surface area contributed by atoms with Crippen LogP contribution in [0.3, 0.4) is 0 Å². The lowest BCUT2D eigenvalue weighted by Gasteiger charge is -2.42. The molecule has 3 heterocycles. The van der Waals surface area contributed by atoms with Crippen molar-refractivity contribution in [3.05, 3.63) is 34.9 Å². The van der Waals surface area contributed by atoms with Crippen LogP contribution in [0.15, 0.2) is 24.3 Å². The van der Waals surface area contributed by atoms with Crippen molar-refractivity contribution in [2.45, 2.75) is 19.4 Å². The van der Waals surface area contributed by atoms with Gasteiger partial charge in [-0.2, -0.15) is 0 Å². The van der Waals surface area contributed by atoms with Crippen LogP contribution in [0.5, 0.6) is 0 Å². The fourth-order valence-corrected chi connectivity index (χ4v) is 4.96. The maximum Gasteiger partial charge on any atom is 0.434 e. The molecule has 13 heteroatoms. The molecule has 1 atom stereocenters. The molecule has 0 spiro atoms. The Morgan fingerprint density at radius 2 is 1.63 bits per heavy atom. The lowest BCUT2D eigenvalue weighted by Crippen LogP contribution is -2.61. The molecule has 0 aliphatic carbocycles. The molecule has 38 heavy (non-hydrogen) atoms. The molecule has 3 aliphatic rings. The van der Waals surface area contributed by atoms with Crippen LogP contribution in [-0.2, 0) is 20.8 Å². The molecular formula is C25H35ClN6O6. The Balaban J connectivity index is 1.21. The normalized spacial score (nSPS) is 20.7. The van der Waals surface area contributed by atoms with Crippen molar-refractivity contribution in [2.75, 3.05) is 78.7 Å². The number of benzene rings is 1. The Labute approximate surface area is 227 Å². The Hall–Kier alpha value is -3.09. The summed E-state index contributed by atoms with van der Waals surface area (Å²) in [5, 5.41) is 1.16. The monoisotopic (exact) mass is 550 g/mol. The first-order valence-electron chi connectivity index (χ1n) is 13.0. The van der Waals surface area contributed by atoms with Crippen LogP contribution in [0.2, 0.25) is 5.02 Å². The number of imide groups is 1. The van der Waals surface area contributed by atoms with Gasteiger partial charge in [-0.1, -0.05) is 28.8 Å². The van der Waals surface area contributed by atoms with Crippen LogP contribution >= 0.6 is 11.6 Å².